The molecular formula is C12H17N3O. The Hall–Kier alpha value is -1.60. The zero-order valence-corrected chi connectivity index (χ0v) is 9.86. The summed E-state index contributed by atoms with van der Waals surface area (Å²) in [5.41, 5.74) is 1.43. The molecule has 1 heterocycles. The molecule has 2 N–H and O–H groups in total. The van der Waals surface area contributed by atoms with Crippen LogP contribution >= 0.6 is 0 Å². The van der Waals surface area contributed by atoms with Crippen molar-refractivity contribution in [1.29, 1.82) is 5.26 Å². The molecule has 0 amide bonds. The molecule has 0 aliphatic carbocycles. The minimum absolute atomic E-state index is 0.0259. The van der Waals surface area contributed by atoms with Gasteiger partial charge in [0.1, 0.15) is 11.9 Å². The lowest BCUT2D eigenvalue weighted by molar-refractivity contribution is 0.249. The summed E-state index contributed by atoms with van der Waals surface area (Å²) in [5.74, 6) is 0.828. The van der Waals surface area contributed by atoms with E-state index in [1.54, 1.807) is 12.3 Å². The summed E-state index contributed by atoms with van der Waals surface area (Å²) in [6.07, 6.45) is 1.66. The topological polar surface area (TPSA) is 68.9 Å². The Morgan fingerprint density at radius 1 is 1.56 bits per heavy atom. The van der Waals surface area contributed by atoms with Crippen molar-refractivity contribution in [3.63, 3.8) is 0 Å². The van der Waals surface area contributed by atoms with Crippen molar-refractivity contribution >= 4 is 5.82 Å². The highest BCUT2D eigenvalue weighted by molar-refractivity contribution is 5.55. The van der Waals surface area contributed by atoms with Gasteiger partial charge in [-0.2, -0.15) is 5.26 Å². The molecule has 1 aromatic rings. The zero-order valence-electron chi connectivity index (χ0n) is 9.86. The van der Waals surface area contributed by atoms with E-state index in [0.29, 0.717) is 11.4 Å². The second-order valence-corrected chi connectivity index (χ2v) is 4.14. The first-order chi connectivity index (χ1) is 7.60. The predicted octanol–water partition coefficient (Wildman–Crippen LogP) is 1.69. The number of nitriles is 1. The molecule has 4 nitrogen and oxygen atoms in total. The molecular weight excluding hydrogens is 202 g/mol. The van der Waals surface area contributed by atoms with E-state index >= 15 is 0 Å². The van der Waals surface area contributed by atoms with Crippen molar-refractivity contribution in [2.24, 2.45) is 5.92 Å². The summed E-state index contributed by atoms with van der Waals surface area (Å²) >= 11 is 0. The number of rotatable bonds is 4. The van der Waals surface area contributed by atoms with Crippen LogP contribution < -0.4 is 5.32 Å². The van der Waals surface area contributed by atoms with Gasteiger partial charge in [0.15, 0.2) is 0 Å². The number of anilines is 1. The molecule has 0 aliphatic rings. The van der Waals surface area contributed by atoms with E-state index in [9.17, 15) is 5.11 Å². The van der Waals surface area contributed by atoms with Crippen LogP contribution in [0.25, 0.3) is 0 Å². The Labute approximate surface area is 95.9 Å². The fourth-order valence-corrected chi connectivity index (χ4v) is 1.41. The largest absolute Gasteiger partial charge is 0.394 e. The molecule has 0 saturated heterocycles. The monoisotopic (exact) mass is 219 g/mol. The van der Waals surface area contributed by atoms with E-state index in [4.69, 9.17) is 5.26 Å². The summed E-state index contributed by atoms with van der Waals surface area (Å²) in [7, 11) is 0. The maximum atomic E-state index is 9.22. The van der Waals surface area contributed by atoms with Gasteiger partial charge < -0.3 is 10.4 Å². The highest BCUT2D eigenvalue weighted by Crippen LogP contribution is 2.17. The van der Waals surface area contributed by atoms with Crippen molar-refractivity contribution in [2.75, 3.05) is 11.9 Å². The fraction of sp³-hybridized carbons (Fsp3) is 0.500. The van der Waals surface area contributed by atoms with Gasteiger partial charge in [0, 0.05) is 6.20 Å². The smallest absolute Gasteiger partial charge is 0.144 e. The van der Waals surface area contributed by atoms with Crippen LogP contribution in [-0.4, -0.2) is 22.7 Å². The number of nitrogens with zero attached hydrogens (tertiary/aromatic N) is 2. The Balaban J connectivity index is 2.97. The lowest BCUT2D eigenvalue weighted by Gasteiger charge is -2.21. The van der Waals surface area contributed by atoms with Gasteiger partial charge in [0.05, 0.1) is 18.2 Å². The predicted molar refractivity (Wildman–Crippen MR) is 63.0 cm³/mol. The number of aliphatic hydroxyl groups is 1. The average Bonchev–Trinajstić information content (AvgIpc) is 2.25. The summed E-state index contributed by atoms with van der Waals surface area (Å²) in [5, 5.41) is 21.4. The van der Waals surface area contributed by atoms with Gasteiger partial charge >= 0.3 is 0 Å². The number of pyridine rings is 1. The van der Waals surface area contributed by atoms with Crippen LogP contribution in [0.4, 0.5) is 5.82 Å². The normalized spacial score (nSPS) is 12.2. The van der Waals surface area contributed by atoms with E-state index in [1.807, 2.05) is 20.8 Å². The van der Waals surface area contributed by atoms with E-state index < -0.39 is 0 Å². The summed E-state index contributed by atoms with van der Waals surface area (Å²) < 4.78 is 0. The molecule has 0 radical (unpaired) electrons. The number of hydrogen-bond acceptors (Lipinski definition) is 4. The Morgan fingerprint density at radius 3 is 2.75 bits per heavy atom. The van der Waals surface area contributed by atoms with Crippen molar-refractivity contribution in [3.05, 3.63) is 23.4 Å². The van der Waals surface area contributed by atoms with Crippen LogP contribution in [0.1, 0.15) is 25.0 Å². The fourth-order valence-electron chi connectivity index (χ4n) is 1.41. The number of aromatic nitrogens is 1. The summed E-state index contributed by atoms with van der Waals surface area (Å²) in [6.45, 7) is 5.92. The molecule has 1 rings (SSSR count). The highest BCUT2D eigenvalue weighted by atomic mass is 16.3. The van der Waals surface area contributed by atoms with Crippen LogP contribution in [0.3, 0.4) is 0 Å². The first kappa shape index (κ1) is 12.5. The standard InChI is InChI=1S/C12H17N3O/c1-8(2)11(7-16)15-12-10(6-13)9(3)4-5-14-12/h4-5,8,11,16H,7H2,1-3H3,(H,14,15). The highest BCUT2D eigenvalue weighted by Gasteiger charge is 2.15. The molecule has 0 aliphatic heterocycles. The van der Waals surface area contributed by atoms with Gasteiger partial charge in [0.2, 0.25) is 0 Å². The van der Waals surface area contributed by atoms with Crippen molar-refractivity contribution in [2.45, 2.75) is 26.8 Å². The summed E-state index contributed by atoms with van der Waals surface area (Å²) in [4.78, 5) is 4.14. The van der Waals surface area contributed by atoms with E-state index in [0.717, 1.165) is 5.56 Å². The Kier molecular flexibility index (Phi) is 4.27. The molecule has 16 heavy (non-hydrogen) atoms. The SMILES string of the molecule is Cc1ccnc(NC(CO)C(C)C)c1C#N. The van der Waals surface area contributed by atoms with Gasteiger partial charge in [-0.05, 0) is 24.5 Å². The Morgan fingerprint density at radius 2 is 2.25 bits per heavy atom. The molecule has 86 valence electrons. The van der Waals surface area contributed by atoms with Crippen molar-refractivity contribution in [1.82, 2.24) is 4.98 Å². The molecule has 0 aromatic carbocycles. The van der Waals surface area contributed by atoms with E-state index in [1.165, 1.54) is 0 Å². The quantitative estimate of drug-likeness (QED) is 0.808. The molecule has 0 fully saturated rings. The number of nitrogens with one attached hydrogen (secondary N) is 1. The van der Waals surface area contributed by atoms with Crippen molar-refractivity contribution < 1.29 is 5.11 Å². The van der Waals surface area contributed by atoms with E-state index in [2.05, 4.69) is 16.4 Å². The minimum atomic E-state index is -0.0820. The van der Waals surface area contributed by atoms with Gasteiger partial charge in [-0.1, -0.05) is 13.8 Å². The molecule has 0 saturated carbocycles. The maximum absolute atomic E-state index is 9.22. The average molecular weight is 219 g/mol. The first-order valence-corrected chi connectivity index (χ1v) is 5.33. The lowest BCUT2D eigenvalue weighted by Crippen LogP contribution is -2.30. The van der Waals surface area contributed by atoms with Crippen LogP contribution in [0, 0.1) is 24.2 Å². The Bertz CT molecular complexity index is 396. The number of hydrogen-bond donors (Lipinski definition) is 2. The molecule has 1 aromatic heterocycles. The second kappa shape index (κ2) is 5.47. The minimum Gasteiger partial charge on any atom is -0.394 e. The zero-order chi connectivity index (χ0) is 12.1. The third-order valence-electron chi connectivity index (χ3n) is 2.59. The number of aliphatic hydroxyl groups excluding tert-OH is 1. The summed E-state index contributed by atoms with van der Waals surface area (Å²) in [6, 6.07) is 3.84. The molecule has 4 heteroatoms. The molecule has 0 spiro atoms. The van der Waals surface area contributed by atoms with Crippen LogP contribution in [0.15, 0.2) is 12.3 Å². The molecule has 1 unspecified atom stereocenters. The van der Waals surface area contributed by atoms with Crippen LogP contribution in [0.2, 0.25) is 0 Å². The van der Waals surface area contributed by atoms with Crippen LogP contribution in [-0.2, 0) is 0 Å². The second-order valence-electron chi connectivity index (χ2n) is 4.14. The van der Waals surface area contributed by atoms with Crippen LogP contribution in [0.5, 0.6) is 0 Å². The van der Waals surface area contributed by atoms with Gasteiger partial charge in [-0.15, -0.1) is 0 Å². The first-order valence-electron chi connectivity index (χ1n) is 5.33. The maximum Gasteiger partial charge on any atom is 0.144 e. The number of aryl methyl sites for hydroxylation is 1. The van der Waals surface area contributed by atoms with Crippen molar-refractivity contribution in [3.8, 4) is 6.07 Å². The molecule has 1 atom stereocenters. The van der Waals surface area contributed by atoms with Gasteiger partial charge in [0.25, 0.3) is 0 Å². The third-order valence-corrected chi connectivity index (χ3v) is 2.59. The third kappa shape index (κ3) is 2.71. The van der Waals surface area contributed by atoms with E-state index in [-0.39, 0.29) is 18.6 Å². The molecule has 0 bridgehead atoms. The lowest BCUT2D eigenvalue weighted by atomic mass is 10.0. The van der Waals surface area contributed by atoms with Gasteiger partial charge in [-0.3, -0.25) is 0 Å². The van der Waals surface area contributed by atoms with Gasteiger partial charge in [-0.25, -0.2) is 4.98 Å².